The fourth-order valence-corrected chi connectivity index (χ4v) is 2.94. The standard InChI is InChI=1S/C21H23F6NO2/c1-19(29,15-7-5-4-6-8-15)12-18(28(2)3)30-13-14-9-16(20(22,23)24)11-17(10-14)21(25,26)27/h4-11,18,29H,12-13H2,1-3H3. The molecule has 3 nitrogen and oxygen atoms in total. The highest BCUT2D eigenvalue weighted by Gasteiger charge is 2.37. The Hall–Kier alpha value is -2.10. The summed E-state index contributed by atoms with van der Waals surface area (Å²) in [7, 11) is 3.28. The van der Waals surface area contributed by atoms with Crippen LogP contribution in [0.3, 0.4) is 0 Å². The van der Waals surface area contributed by atoms with Crippen LogP contribution in [0.5, 0.6) is 0 Å². The molecule has 0 aliphatic carbocycles. The van der Waals surface area contributed by atoms with Gasteiger partial charge in [0.1, 0.15) is 6.23 Å². The average Bonchev–Trinajstić information content (AvgIpc) is 2.64. The monoisotopic (exact) mass is 435 g/mol. The first-order valence-corrected chi connectivity index (χ1v) is 9.04. The molecule has 0 saturated carbocycles. The minimum atomic E-state index is -4.92. The molecular weight excluding hydrogens is 412 g/mol. The lowest BCUT2D eigenvalue weighted by atomic mass is 9.91. The van der Waals surface area contributed by atoms with E-state index in [1.807, 2.05) is 0 Å². The SMILES string of the molecule is CN(C)C(CC(C)(O)c1ccccc1)OCc1cc(C(F)(F)F)cc(C(F)(F)F)c1. The van der Waals surface area contributed by atoms with Gasteiger partial charge in [0.2, 0.25) is 0 Å². The van der Waals surface area contributed by atoms with E-state index in [9.17, 15) is 31.4 Å². The van der Waals surface area contributed by atoms with Gasteiger partial charge in [0, 0.05) is 6.42 Å². The first-order valence-electron chi connectivity index (χ1n) is 9.04. The average molecular weight is 435 g/mol. The molecule has 2 aromatic carbocycles. The Morgan fingerprint density at radius 3 is 1.80 bits per heavy atom. The van der Waals surface area contributed by atoms with E-state index in [0.717, 1.165) is 0 Å². The van der Waals surface area contributed by atoms with Gasteiger partial charge in [-0.1, -0.05) is 30.3 Å². The molecule has 0 aliphatic rings. The minimum absolute atomic E-state index is 0.0507. The van der Waals surface area contributed by atoms with E-state index < -0.39 is 41.9 Å². The molecule has 0 spiro atoms. The third-order valence-electron chi connectivity index (χ3n) is 4.63. The molecule has 30 heavy (non-hydrogen) atoms. The van der Waals surface area contributed by atoms with Gasteiger partial charge >= 0.3 is 12.4 Å². The van der Waals surface area contributed by atoms with E-state index in [2.05, 4.69) is 0 Å². The molecule has 166 valence electrons. The maximum absolute atomic E-state index is 13.0. The van der Waals surface area contributed by atoms with Crippen LogP contribution < -0.4 is 0 Å². The Labute approximate surface area is 170 Å². The largest absolute Gasteiger partial charge is 0.416 e. The number of nitrogens with zero attached hydrogens (tertiary/aromatic N) is 1. The Kier molecular flexibility index (Phi) is 7.21. The first kappa shape index (κ1) is 24.2. The summed E-state index contributed by atoms with van der Waals surface area (Å²) in [4.78, 5) is 1.59. The third kappa shape index (κ3) is 6.45. The van der Waals surface area contributed by atoms with E-state index in [1.165, 1.54) is 0 Å². The smallest absolute Gasteiger partial charge is 0.385 e. The quantitative estimate of drug-likeness (QED) is 0.465. The lowest BCUT2D eigenvalue weighted by Crippen LogP contribution is -2.38. The number of hydrogen-bond acceptors (Lipinski definition) is 3. The van der Waals surface area contributed by atoms with Crippen LogP contribution in [0.15, 0.2) is 48.5 Å². The first-order chi connectivity index (χ1) is 13.7. The van der Waals surface area contributed by atoms with Crippen LogP contribution in [-0.2, 0) is 29.3 Å². The molecule has 2 rings (SSSR count). The molecule has 0 heterocycles. The van der Waals surface area contributed by atoms with Crippen molar-refractivity contribution in [3.63, 3.8) is 0 Å². The van der Waals surface area contributed by atoms with Gasteiger partial charge in [-0.05, 0) is 50.3 Å². The summed E-state index contributed by atoms with van der Waals surface area (Å²) in [5.74, 6) is 0. The number of halogens is 6. The van der Waals surface area contributed by atoms with Crippen LogP contribution in [0.2, 0.25) is 0 Å². The van der Waals surface area contributed by atoms with Gasteiger partial charge in [-0.2, -0.15) is 26.3 Å². The zero-order valence-electron chi connectivity index (χ0n) is 16.7. The molecule has 9 heteroatoms. The second-order valence-corrected chi connectivity index (χ2v) is 7.49. The number of alkyl halides is 6. The molecule has 0 radical (unpaired) electrons. The molecule has 0 bridgehead atoms. The summed E-state index contributed by atoms with van der Waals surface area (Å²) >= 11 is 0. The molecule has 2 aromatic rings. The number of ether oxygens (including phenoxy) is 1. The van der Waals surface area contributed by atoms with Gasteiger partial charge in [-0.3, -0.25) is 4.90 Å². The summed E-state index contributed by atoms with van der Waals surface area (Å²) in [6, 6.07) is 10.1. The molecule has 0 saturated heterocycles. The van der Waals surface area contributed by atoms with Crippen molar-refractivity contribution >= 4 is 0 Å². The Morgan fingerprint density at radius 2 is 1.37 bits per heavy atom. The van der Waals surface area contributed by atoms with E-state index in [4.69, 9.17) is 4.74 Å². The van der Waals surface area contributed by atoms with Crippen molar-refractivity contribution in [1.82, 2.24) is 4.90 Å². The van der Waals surface area contributed by atoms with Crippen molar-refractivity contribution in [1.29, 1.82) is 0 Å². The zero-order chi connectivity index (χ0) is 22.7. The van der Waals surface area contributed by atoms with Gasteiger partial charge in [0.15, 0.2) is 0 Å². The van der Waals surface area contributed by atoms with Crippen molar-refractivity contribution < 1.29 is 36.2 Å². The van der Waals surface area contributed by atoms with Crippen LogP contribution in [0.4, 0.5) is 26.3 Å². The molecule has 0 amide bonds. The van der Waals surface area contributed by atoms with Crippen molar-refractivity contribution in [2.45, 2.75) is 44.1 Å². The Morgan fingerprint density at radius 1 is 0.867 bits per heavy atom. The van der Waals surface area contributed by atoms with Crippen LogP contribution >= 0.6 is 0 Å². The molecule has 1 N–H and O–H groups in total. The van der Waals surface area contributed by atoms with E-state index in [1.54, 1.807) is 56.3 Å². The van der Waals surface area contributed by atoms with Gasteiger partial charge < -0.3 is 9.84 Å². The van der Waals surface area contributed by atoms with Gasteiger partial charge in [-0.25, -0.2) is 0 Å². The van der Waals surface area contributed by atoms with Crippen molar-refractivity contribution in [3.8, 4) is 0 Å². The van der Waals surface area contributed by atoms with E-state index in [-0.39, 0.29) is 18.1 Å². The van der Waals surface area contributed by atoms with Crippen LogP contribution in [0, 0.1) is 0 Å². The topological polar surface area (TPSA) is 32.7 Å². The lowest BCUT2D eigenvalue weighted by Gasteiger charge is -2.32. The molecule has 0 fully saturated rings. The summed E-state index contributed by atoms with van der Waals surface area (Å²) in [5, 5.41) is 10.8. The Bertz CT molecular complexity index is 799. The second-order valence-electron chi connectivity index (χ2n) is 7.49. The lowest BCUT2D eigenvalue weighted by molar-refractivity contribution is -0.143. The number of aliphatic hydroxyl groups is 1. The number of benzene rings is 2. The van der Waals surface area contributed by atoms with Crippen LogP contribution in [0.1, 0.15) is 35.6 Å². The molecule has 0 aromatic heterocycles. The summed E-state index contributed by atoms with van der Waals surface area (Å²) < 4.78 is 83.8. The highest BCUT2D eigenvalue weighted by atomic mass is 19.4. The van der Waals surface area contributed by atoms with Crippen molar-refractivity contribution in [3.05, 3.63) is 70.8 Å². The highest BCUT2D eigenvalue weighted by molar-refractivity contribution is 5.33. The van der Waals surface area contributed by atoms with Crippen LogP contribution in [-0.4, -0.2) is 30.3 Å². The maximum atomic E-state index is 13.0. The van der Waals surface area contributed by atoms with E-state index >= 15 is 0 Å². The fourth-order valence-electron chi connectivity index (χ4n) is 2.94. The minimum Gasteiger partial charge on any atom is -0.385 e. The van der Waals surface area contributed by atoms with E-state index in [0.29, 0.717) is 17.7 Å². The predicted octanol–water partition coefficient (Wildman–Crippen LogP) is 5.43. The normalized spacial score (nSPS) is 15.8. The maximum Gasteiger partial charge on any atom is 0.416 e. The van der Waals surface area contributed by atoms with Crippen molar-refractivity contribution in [2.75, 3.05) is 14.1 Å². The molecule has 2 atom stereocenters. The predicted molar refractivity (Wildman–Crippen MR) is 99.3 cm³/mol. The van der Waals surface area contributed by atoms with Crippen LogP contribution in [0.25, 0.3) is 0 Å². The van der Waals surface area contributed by atoms with Gasteiger partial charge in [0.05, 0.1) is 23.3 Å². The second kappa shape index (κ2) is 8.95. The summed E-state index contributed by atoms with van der Waals surface area (Å²) in [5.41, 5.74) is -3.76. The molecular formula is C21H23F6NO2. The molecule has 0 aliphatic heterocycles. The number of rotatable bonds is 7. The fraction of sp³-hybridized carbons (Fsp3) is 0.429. The number of hydrogen-bond donors (Lipinski definition) is 1. The third-order valence-corrected chi connectivity index (χ3v) is 4.63. The highest BCUT2D eigenvalue weighted by Crippen LogP contribution is 2.36. The Balaban J connectivity index is 2.24. The van der Waals surface area contributed by atoms with Crippen molar-refractivity contribution in [2.24, 2.45) is 0 Å². The van der Waals surface area contributed by atoms with Gasteiger partial charge in [0.25, 0.3) is 0 Å². The molecule has 2 unspecified atom stereocenters. The van der Waals surface area contributed by atoms with Gasteiger partial charge in [-0.15, -0.1) is 0 Å². The zero-order valence-corrected chi connectivity index (χ0v) is 16.7. The summed E-state index contributed by atoms with van der Waals surface area (Å²) in [6.07, 6.45) is -10.6. The summed E-state index contributed by atoms with van der Waals surface area (Å²) in [6.45, 7) is 1.08.